The summed E-state index contributed by atoms with van der Waals surface area (Å²) in [5.74, 6) is 0. The minimum Gasteiger partial charge on any atom is -0.399 e. The van der Waals surface area contributed by atoms with Crippen molar-refractivity contribution < 1.29 is 8.42 Å². The number of nitrogens with two attached hydrogens (primary N) is 1. The van der Waals surface area contributed by atoms with Crippen molar-refractivity contribution in [3.63, 3.8) is 0 Å². The molecule has 1 saturated carbocycles. The molecular formula is C13H20N2O2S. The van der Waals surface area contributed by atoms with E-state index in [0.717, 1.165) is 19.3 Å². The molecule has 1 unspecified atom stereocenters. The number of rotatable bonds is 3. The van der Waals surface area contributed by atoms with E-state index in [1.807, 2.05) is 0 Å². The summed E-state index contributed by atoms with van der Waals surface area (Å²) < 4.78 is 27.1. The van der Waals surface area contributed by atoms with Crippen LogP contribution in [-0.4, -0.2) is 14.5 Å². The van der Waals surface area contributed by atoms with Gasteiger partial charge in [0.2, 0.25) is 10.0 Å². The van der Waals surface area contributed by atoms with E-state index in [2.05, 4.69) is 18.6 Å². The molecule has 2 rings (SSSR count). The van der Waals surface area contributed by atoms with Crippen LogP contribution in [0, 0.1) is 5.41 Å². The van der Waals surface area contributed by atoms with Crippen molar-refractivity contribution in [1.29, 1.82) is 0 Å². The van der Waals surface area contributed by atoms with Crippen molar-refractivity contribution in [3.05, 3.63) is 24.3 Å². The largest absolute Gasteiger partial charge is 0.399 e. The van der Waals surface area contributed by atoms with Gasteiger partial charge in [-0.25, -0.2) is 13.1 Å². The van der Waals surface area contributed by atoms with Crippen molar-refractivity contribution in [2.24, 2.45) is 5.41 Å². The summed E-state index contributed by atoms with van der Waals surface area (Å²) in [6, 6.07) is 6.33. The highest BCUT2D eigenvalue weighted by Gasteiger charge is 2.33. The summed E-state index contributed by atoms with van der Waals surface area (Å²) in [5.41, 5.74) is 6.35. The molecule has 5 heteroatoms. The van der Waals surface area contributed by atoms with Gasteiger partial charge >= 0.3 is 0 Å². The summed E-state index contributed by atoms with van der Waals surface area (Å²) in [6.07, 6.45) is 2.85. The molecule has 100 valence electrons. The van der Waals surface area contributed by atoms with Gasteiger partial charge in [-0.05, 0) is 48.9 Å². The summed E-state index contributed by atoms with van der Waals surface area (Å²) in [6.45, 7) is 4.34. The topological polar surface area (TPSA) is 72.2 Å². The molecule has 0 saturated heterocycles. The molecule has 1 fully saturated rings. The molecule has 1 aromatic carbocycles. The SMILES string of the molecule is CC1(C)CCC(NS(=O)(=O)c2ccc(N)cc2)C1. The Hall–Kier alpha value is -1.07. The van der Waals surface area contributed by atoms with E-state index in [1.165, 1.54) is 12.1 Å². The van der Waals surface area contributed by atoms with Gasteiger partial charge in [-0.3, -0.25) is 0 Å². The average Bonchev–Trinajstić information content (AvgIpc) is 2.57. The number of nitrogens with one attached hydrogen (secondary N) is 1. The van der Waals surface area contributed by atoms with Crippen LogP contribution in [0.25, 0.3) is 0 Å². The highest BCUT2D eigenvalue weighted by molar-refractivity contribution is 7.89. The van der Waals surface area contributed by atoms with Gasteiger partial charge in [-0.1, -0.05) is 13.8 Å². The third kappa shape index (κ3) is 3.03. The third-order valence-corrected chi connectivity index (χ3v) is 5.02. The molecule has 0 spiro atoms. The molecule has 18 heavy (non-hydrogen) atoms. The predicted molar refractivity (Wildman–Crippen MR) is 72.6 cm³/mol. The molecule has 1 aliphatic carbocycles. The summed E-state index contributed by atoms with van der Waals surface area (Å²) in [7, 11) is -3.42. The molecule has 0 bridgehead atoms. The van der Waals surface area contributed by atoms with Gasteiger partial charge in [0.15, 0.2) is 0 Å². The smallest absolute Gasteiger partial charge is 0.240 e. The standard InChI is InChI=1S/C13H20N2O2S/c1-13(2)8-7-11(9-13)15-18(16,17)12-5-3-10(14)4-6-12/h3-6,11,15H,7-9,14H2,1-2H3. The molecule has 0 amide bonds. The number of hydrogen-bond acceptors (Lipinski definition) is 3. The molecule has 1 aliphatic rings. The first-order valence-electron chi connectivity index (χ1n) is 6.16. The van der Waals surface area contributed by atoms with Gasteiger partial charge in [-0.15, -0.1) is 0 Å². The zero-order valence-electron chi connectivity index (χ0n) is 10.8. The lowest BCUT2D eigenvalue weighted by molar-refractivity contribution is 0.372. The van der Waals surface area contributed by atoms with Crippen molar-refractivity contribution in [3.8, 4) is 0 Å². The molecular weight excluding hydrogens is 248 g/mol. The first kappa shape index (κ1) is 13.4. The number of anilines is 1. The fourth-order valence-electron chi connectivity index (χ4n) is 2.47. The third-order valence-electron chi connectivity index (χ3n) is 3.48. The predicted octanol–water partition coefficient (Wildman–Crippen LogP) is 2.13. The zero-order chi connectivity index (χ0) is 13.4. The van der Waals surface area contributed by atoms with Crippen LogP contribution in [0.4, 0.5) is 5.69 Å². The molecule has 4 nitrogen and oxygen atoms in total. The Balaban J connectivity index is 2.11. The fraction of sp³-hybridized carbons (Fsp3) is 0.538. The number of hydrogen-bond donors (Lipinski definition) is 2. The van der Waals surface area contributed by atoms with Crippen LogP contribution in [-0.2, 0) is 10.0 Å². The second-order valence-electron chi connectivity index (χ2n) is 5.79. The second-order valence-corrected chi connectivity index (χ2v) is 7.51. The Bertz CT molecular complexity index is 520. The highest BCUT2D eigenvalue weighted by atomic mass is 32.2. The molecule has 0 aromatic heterocycles. The second kappa shape index (κ2) is 4.55. The Morgan fingerprint density at radius 1 is 1.28 bits per heavy atom. The first-order chi connectivity index (χ1) is 8.28. The van der Waals surface area contributed by atoms with Gasteiger partial charge in [0.05, 0.1) is 4.90 Å². The van der Waals surface area contributed by atoms with Crippen LogP contribution < -0.4 is 10.5 Å². The molecule has 1 atom stereocenters. The van der Waals surface area contributed by atoms with Crippen LogP contribution in [0.1, 0.15) is 33.1 Å². The normalized spacial score (nSPS) is 23.1. The van der Waals surface area contributed by atoms with E-state index in [1.54, 1.807) is 12.1 Å². The summed E-state index contributed by atoms with van der Waals surface area (Å²) in [4.78, 5) is 0.279. The Morgan fingerprint density at radius 3 is 2.39 bits per heavy atom. The Labute approximate surface area is 109 Å². The zero-order valence-corrected chi connectivity index (χ0v) is 11.6. The van der Waals surface area contributed by atoms with Crippen LogP contribution >= 0.6 is 0 Å². The summed E-state index contributed by atoms with van der Waals surface area (Å²) >= 11 is 0. The highest BCUT2D eigenvalue weighted by Crippen LogP contribution is 2.37. The van der Waals surface area contributed by atoms with Gasteiger partial charge in [0.1, 0.15) is 0 Å². The van der Waals surface area contributed by atoms with E-state index in [4.69, 9.17) is 5.73 Å². The Kier molecular flexibility index (Phi) is 3.38. The van der Waals surface area contributed by atoms with Gasteiger partial charge in [0.25, 0.3) is 0 Å². The quantitative estimate of drug-likeness (QED) is 0.825. The first-order valence-corrected chi connectivity index (χ1v) is 7.65. The van der Waals surface area contributed by atoms with Crippen LogP contribution in [0.3, 0.4) is 0 Å². The fourth-order valence-corrected chi connectivity index (χ4v) is 3.74. The van der Waals surface area contributed by atoms with Crippen molar-refractivity contribution >= 4 is 15.7 Å². The molecule has 3 N–H and O–H groups in total. The van der Waals surface area contributed by atoms with Crippen molar-refractivity contribution in [2.75, 3.05) is 5.73 Å². The minimum atomic E-state index is -3.42. The van der Waals surface area contributed by atoms with E-state index in [0.29, 0.717) is 5.69 Å². The van der Waals surface area contributed by atoms with E-state index in [9.17, 15) is 8.42 Å². The average molecular weight is 268 g/mol. The van der Waals surface area contributed by atoms with Crippen LogP contribution in [0.5, 0.6) is 0 Å². The number of nitrogen functional groups attached to an aromatic ring is 1. The van der Waals surface area contributed by atoms with Crippen molar-refractivity contribution in [1.82, 2.24) is 4.72 Å². The number of benzene rings is 1. The maximum atomic E-state index is 12.2. The van der Waals surface area contributed by atoms with Gasteiger partial charge in [0, 0.05) is 11.7 Å². The molecule has 1 aromatic rings. The van der Waals surface area contributed by atoms with Crippen molar-refractivity contribution in [2.45, 2.75) is 44.0 Å². The van der Waals surface area contributed by atoms with E-state index >= 15 is 0 Å². The Morgan fingerprint density at radius 2 is 1.89 bits per heavy atom. The maximum absolute atomic E-state index is 12.2. The lowest BCUT2D eigenvalue weighted by Crippen LogP contribution is -2.33. The molecule has 0 aliphatic heterocycles. The number of sulfonamides is 1. The monoisotopic (exact) mass is 268 g/mol. The maximum Gasteiger partial charge on any atom is 0.240 e. The molecule has 0 heterocycles. The minimum absolute atomic E-state index is 0.0440. The van der Waals surface area contributed by atoms with E-state index < -0.39 is 10.0 Å². The van der Waals surface area contributed by atoms with Gasteiger partial charge in [-0.2, -0.15) is 0 Å². The molecule has 0 radical (unpaired) electrons. The van der Waals surface area contributed by atoms with Gasteiger partial charge < -0.3 is 5.73 Å². The summed E-state index contributed by atoms with van der Waals surface area (Å²) in [5, 5.41) is 0. The van der Waals surface area contributed by atoms with Crippen LogP contribution in [0.15, 0.2) is 29.2 Å². The lowest BCUT2D eigenvalue weighted by atomic mass is 9.92. The van der Waals surface area contributed by atoms with Crippen LogP contribution in [0.2, 0.25) is 0 Å². The lowest BCUT2D eigenvalue weighted by Gasteiger charge is -2.18. The van der Waals surface area contributed by atoms with E-state index in [-0.39, 0.29) is 16.4 Å².